The summed E-state index contributed by atoms with van der Waals surface area (Å²) in [5.74, 6) is -0.202. The van der Waals surface area contributed by atoms with Gasteiger partial charge in [-0.2, -0.15) is 0 Å². The van der Waals surface area contributed by atoms with E-state index in [2.05, 4.69) is 18.7 Å². The van der Waals surface area contributed by atoms with Crippen LogP contribution in [0.3, 0.4) is 0 Å². The fraction of sp³-hybridized carbons (Fsp3) is 0.320. The zero-order chi connectivity index (χ0) is 22.8. The summed E-state index contributed by atoms with van der Waals surface area (Å²) in [4.78, 5) is 22.4. The van der Waals surface area contributed by atoms with E-state index in [1.165, 1.54) is 0 Å². The van der Waals surface area contributed by atoms with Crippen molar-refractivity contribution in [3.8, 4) is 22.5 Å². The van der Waals surface area contributed by atoms with E-state index in [-0.39, 0.29) is 19.3 Å². The smallest absolute Gasteiger partial charge is 0.329 e. The van der Waals surface area contributed by atoms with Crippen molar-refractivity contribution in [1.82, 2.24) is 9.97 Å². The van der Waals surface area contributed by atoms with Gasteiger partial charge in [0, 0.05) is 23.7 Å². The standard InChI is InChI=1S/C25H29N3O4/c1-19(2)28(13-14-31-15-16-32-18-23(29)30)22-17-26-24(20-9-5-3-6-10-20)25(27-22)21-11-7-4-8-12-21/h3-12,17,19H,13-16,18H2,1-2H3,(H,29,30). The summed E-state index contributed by atoms with van der Waals surface area (Å²) in [5.41, 5.74) is 3.71. The van der Waals surface area contributed by atoms with E-state index in [0.29, 0.717) is 19.8 Å². The predicted molar refractivity (Wildman–Crippen MR) is 125 cm³/mol. The minimum absolute atomic E-state index is 0.197. The van der Waals surface area contributed by atoms with Crippen LogP contribution in [-0.2, 0) is 14.3 Å². The van der Waals surface area contributed by atoms with Crippen molar-refractivity contribution in [1.29, 1.82) is 0 Å². The molecule has 0 amide bonds. The molecule has 3 aromatic rings. The van der Waals surface area contributed by atoms with Crippen LogP contribution in [0.1, 0.15) is 13.8 Å². The van der Waals surface area contributed by atoms with Crippen molar-refractivity contribution >= 4 is 11.8 Å². The molecule has 7 heteroatoms. The van der Waals surface area contributed by atoms with E-state index >= 15 is 0 Å². The molecule has 0 saturated carbocycles. The van der Waals surface area contributed by atoms with Gasteiger partial charge in [-0.05, 0) is 13.8 Å². The van der Waals surface area contributed by atoms with Crippen molar-refractivity contribution in [2.24, 2.45) is 0 Å². The maximum atomic E-state index is 10.5. The van der Waals surface area contributed by atoms with Crippen LogP contribution in [0.2, 0.25) is 0 Å². The Kier molecular flexibility index (Phi) is 8.71. The van der Waals surface area contributed by atoms with E-state index < -0.39 is 5.97 Å². The molecule has 0 aliphatic carbocycles. The highest BCUT2D eigenvalue weighted by molar-refractivity contribution is 5.78. The highest BCUT2D eigenvalue weighted by Crippen LogP contribution is 2.30. The lowest BCUT2D eigenvalue weighted by Gasteiger charge is -2.28. The lowest BCUT2D eigenvalue weighted by molar-refractivity contribution is -0.142. The monoisotopic (exact) mass is 435 g/mol. The second-order valence-corrected chi connectivity index (χ2v) is 7.50. The minimum Gasteiger partial charge on any atom is -0.480 e. The lowest BCUT2D eigenvalue weighted by atomic mass is 10.0. The molecule has 1 heterocycles. The summed E-state index contributed by atoms with van der Waals surface area (Å²) in [5, 5.41) is 8.59. The fourth-order valence-electron chi connectivity index (χ4n) is 3.30. The van der Waals surface area contributed by atoms with E-state index in [0.717, 1.165) is 28.3 Å². The predicted octanol–water partition coefficient (Wildman–Crippen LogP) is 4.14. The molecule has 0 radical (unpaired) electrons. The number of hydrogen-bond acceptors (Lipinski definition) is 6. The van der Waals surface area contributed by atoms with Gasteiger partial charge in [-0.3, -0.25) is 4.98 Å². The first-order chi connectivity index (χ1) is 15.6. The van der Waals surface area contributed by atoms with Gasteiger partial charge in [0.05, 0.1) is 37.4 Å². The van der Waals surface area contributed by atoms with Gasteiger partial charge in [0.15, 0.2) is 0 Å². The Bertz CT molecular complexity index is 981. The minimum atomic E-state index is -0.984. The SMILES string of the molecule is CC(C)N(CCOCCOCC(=O)O)c1cnc(-c2ccccc2)c(-c2ccccc2)n1. The molecule has 0 aliphatic heterocycles. The average Bonchev–Trinajstić information content (AvgIpc) is 2.81. The van der Waals surface area contributed by atoms with Gasteiger partial charge in [0.2, 0.25) is 0 Å². The molecule has 0 saturated heterocycles. The highest BCUT2D eigenvalue weighted by Gasteiger charge is 2.17. The number of ether oxygens (including phenoxy) is 2. The molecule has 0 fully saturated rings. The van der Waals surface area contributed by atoms with Crippen molar-refractivity contribution in [3.05, 3.63) is 66.9 Å². The summed E-state index contributed by atoms with van der Waals surface area (Å²) in [6, 6.07) is 20.3. The zero-order valence-corrected chi connectivity index (χ0v) is 18.5. The van der Waals surface area contributed by atoms with Gasteiger partial charge in [-0.1, -0.05) is 60.7 Å². The molecule has 0 bridgehead atoms. The van der Waals surface area contributed by atoms with Crippen LogP contribution in [0.25, 0.3) is 22.5 Å². The highest BCUT2D eigenvalue weighted by atomic mass is 16.5. The molecule has 0 aliphatic rings. The van der Waals surface area contributed by atoms with Gasteiger partial charge >= 0.3 is 5.97 Å². The summed E-state index contributed by atoms with van der Waals surface area (Å²) in [6.45, 7) is 5.58. The van der Waals surface area contributed by atoms with Crippen LogP contribution in [0.4, 0.5) is 5.82 Å². The van der Waals surface area contributed by atoms with Gasteiger partial charge < -0.3 is 19.5 Å². The Morgan fingerprint density at radius 2 is 1.50 bits per heavy atom. The molecular weight excluding hydrogens is 406 g/mol. The first-order valence-corrected chi connectivity index (χ1v) is 10.7. The second kappa shape index (κ2) is 11.9. The number of hydrogen-bond donors (Lipinski definition) is 1. The molecule has 32 heavy (non-hydrogen) atoms. The van der Waals surface area contributed by atoms with E-state index in [1.54, 1.807) is 0 Å². The Balaban J connectivity index is 1.77. The largest absolute Gasteiger partial charge is 0.480 e. The lowest BCUT2D eigenvalue weighted by Crippen LogP contribution is -2.35. The maximum absolute atomic E-state index is 10.5. The fourth-order valence-corrected chi connectivity index (χ4v) is 3.30. The number of nitrogens with zero attached hydrogens (tertiary/aromatic N) is 3. The first-order valence-electron chi connectivity index (χ1n) is 10.7. The van der Waals surface area contributed by atoms with Crippen molar-refractivity contribution in [2.45, 2.75) is 19.9 Å². The van der Waals surface area contributed by atoms with Crippen LogP contribution in [0.5, 0.6) is 0 Å². The van der Waals surface area contributed by atoms with E-state index in [4.69, 9.17) is 24.5 Å². The summed E-state index contributed by atoms with van der Waals surface area (Å²) < 4.78 is 10.6. The van der Waals surface area contributed by atoms with Crippen molar-refractivity contribution in [3.63, 3.8) is 0 Å². The van der Waals surface area contributed by atoms with Gasteiger partial charge in [-0.25, -0.2) is 9.78 Å². The number of anilines is 1. The molecular formula is C25H29N3O4. The average molecular weight is 436 g/mol. The molecule has 2 aromatic carbocycles. The molecule has 168 valence electrons. The zero-order valence-electron chi connectivity index (χ0n) is 18.5. The summed E-state index contributed by atoms with van der Waals surface area (Å²) >= 11 is 0. The maximum Gasteiger partial charge on any atom is 0.329 e. The third-order valence-corrected chi connectivity index (χ3v) is 4.85. The molecule has 0 unspecified atom stereocenters. The van der Waals surface area contributed by atoms with Gasteiger partial charge in [0.25, 0.3) is 0 Å². The topological polar surface area (TPSA) is 84.8 Å². The van der Waals surface area contributed by atoms with E-state index in [1.807, 2.05) is 66.9 Å². The first kappa shape index (κ1) is 23.4. The Hall–Kier alpha value is -3.29. The van der Waals surface area contributed by atoms with Crippen molar-refractivity contribution in [2.75, 3.05) is 37.9 Å². The van der Waals surface area contributed by atoms with Crippen LogP contribution in [0.15, 0.2) is 66.9 Å². The number of carbonyl (C=O) groups is 1. The van der Waals surface area contributed by atoms with E-state index in [9.17, 15) is 4.79 Å². The number of aliphatic carboxylic acids is 1. The summed E-state index contributed by atoms with van der Waals surface area (Å²) in [7, 11) is 0. The molecule has 0 spiro atoms. The Morgan fingerprint density at radius 3 is 2.09 bits per heavy atom. The number of carboxylic acid groups (broad SMARTS) is 1. The number of carboxylic acids is 1. The third-order valence-electron chi connectivity index (χ3n) is 4.85. The van der Waals surface area contributed by atoms with Crippen LogP contribution < -0.4 is 4.90 Å². The Labute approximate surface area is 188 Å². The van der Waals surface area contributed by atoms with Gasteiger partial charge in [-0.15, -0.1) is 0 Å². The molecule has 1 N–H and O–H groups in total. The van der Waals surface area contributed by atoms with Gasteiger partial charge in [0.1, 0.15) is 12.4 Å². The molecule has 0 atom stereocenters. The quantitative estimate of drug-likeness (QED) is 0.428. The second-order valence-electron chi connectivity index (χ2n) is 7.50. The normalized spacial score (nSPS) is 11.0. The molecule has 7 nitrogen and oxygen atoms in total. The summed E-state index contributed by atoms with van der Waals surface area (Å²) in [6.07, 6.45) is 1.81. The number of rotatable bonds is 12. The third kappa shape index (κ3) is 6.60. The van der Waals surface area contributed by atoms with Crippen LogP contribution in [0, 0.1) is 0 Å². The van der Waals surface area contributed by atoms with Crippen LogP contribution >= 0.6 is 0 Å². The van der Waals surface area contributed by atoms with Crippen molar-refractivity contribution < 1.29 is 19.4 Å². The number of benzene rings is 2. The Morgan fingerprint density at radius 1 is 0.906 bits per heavy atom. The van der Waals surface area contributed by atoms with Crippen LogP contribution in [-0.4, -0.2) is 60.1 Å². The molecule has 1 aromatic heterocycles. The number of aromatic nitrogens is 2. The molecule has 3 rings (SSSR count).